The van der Waals surface area contributed by atoms with Crippen LogP contribution in [0, 0.1) is 0 Å². The van der Waals surface area contributed by atoms with E-state index in [2.05, 4.69) is 50.2 Å². The number of aliphatic imine (C=N–C) groups is 1. The molecule has 1 N–H and O–H groups in total. The fourth-order valence-electron chi connectivity index (χ4n) is 2.93. The van der Waals surface area contributed by atoms with Gasteiger partial charge in [-0.25, -0.2) is 9.98 Å². The zero-order valence-corrected chi connectivity index (χ0v) is 15.0. The van der Waals surface area contributed by atoms with Crippen LogP contribution in [0.4, 0.5) is 5.82 Å². The summed E-state index contributed by atoms with van der Waals surface area (Å²) in [6.07, 6.45) is 3.60. The normalized spacial score (nSPS) is 15.5. The predicted octanol–water partition coefficient (Wildman–Crippen LogP) is 0.981. The van der Waals surface area contributed by atoms with E-state index in [1.807, 2.05) is 22.9 Å². The molecule has 1 aliphatic heterocycles. The van der Waals surface area contributed by atoms with Gasteiger partial charge < -0.3 is 19.7 Å². The van der Waals surface area contributed by atoms with Crippen LogP contribution in [-0.2, 0) is 13.1 Å². The second-order valence-corrected chi connectivity index (χ2v) is 5.87. The molecular formula is C17H26N8. The Hall–Kier alpha value is -2.64. The van der Waals surface area contributed by atoms with Crippen LogP contribution < -0.4 is 10.2 Å². The first-order valence-electron chi connectivity index (χ1n) is 8.87. The van der Waals surface area contributed by atoms with Gasteiger partial charge in [-0.1, -0.05) is 6.07 Å². The van der Waals surface area contributed by atoms with Crippen LogP contribution in [0.2, 0.25) is 0 Å². The Morgan fingerprint density at radius 1 is 1.20 bits per heavy atom. The number of hydrogen-bond acceptors (Lipinski definition) is 5. The number of aromatic nitrogens is 4. The summed E-state index contributed by atoms with van der Waals surface area (Å²) in [4.78, 5) is 13.8. The number of hydrogen-bond donors (Lipinski definition) is 1. The summed E-state index contributed by atoms with van der Waals surface area (Å²) < 4.78 is 2.02. The highest BCUT2D eigenvalue weighted by molar-refractivity contribution is 5.80. The molecule has 8 nitrogen and oxygen atoms in total. The lowest BCUT2D eigenvalue weighted by Crippen LogP contribution is -2.52. The lowest BCUT2D eigenvalue weighted by Gasteiger charge is -2.37. The van der Waals surface area contributed by atoms with Crippen LogP contribution in [0.1, 0.15) is 19.7 Å². The summed E-state index contributed by atoms with van der Waals surface area (Å²) in [6, 6.07) is 6.04. The molecule has 2 aromatic heterocycles. The maximum atomic E-state index is 4.76. The van der Waals surface area contributed by atoms with Crippen molar-refractivity contribution in [2.45, 2.75) is 26.9 Å². The molecule has 3 heterocycles. The first-order chi connectivity index (χ1) is 12.3. The Bertz CT molecular complexity index is 673. The first-order valence-corrected chi connectivity index (χ1v) is 8.87. The standard InChI is InChI=1S/C17H26N8/c1-3-18-17(20-13-16-22-21-14-23(16)4-2)25-11-9-24(10-12-25)15-7-5-6-8-19-15/h5-8,14H,3-4,9-13H2,1-2H3,(H,18,20). The second kappa shape index (κ2) is 8.46. The average molecular weight is 342 g/mol. The number of rotatable bonds is 5. The van der Waals surface area contributed by atoms with E-state index in [-0.39, 0.29) is 0 Å². The summed E-state index contributed by atoms with van der Waals surface area (Å²) in [5, 5.41) is 11.5. The number of piperazine rings is 1. The van der Waals surface area contributed by atoms with Gasteiger partial charge in [0.25, 0.3) is 0 Å². The number of nitrogens with one attached hydrogen (secondary N) is 1. The Labute approximate surface area is 148 Å². The van der Waals surface area contributed by atoms with E-state index >= 15 is 0 Å². The molecule has 0 amide bonds. The third kappa shape index (κ3) is 4.26. The molecule has 0 spiro atoms. The minimum atomic E-state index is 0.538. The Morgan fingerprint density at radius 3 is 2.72 bits per heavy atom. The number of nitrogens with zero attached hydrogens (tertiary/aromatic N) is 7. The van der Waals surface area contributed by atoms with Crippen LogP contribution in [-0.4, -0.2) is 63.3 Å². The van der Waals surface area contributed by atoms with E-state index in [0.29, 0.717) is 6.54 Å². The molecule has 0 unspecified atom stereocenters. The third-order valence-electron chi connectivity index (χ3n) is 4.29. The van der Waals surface area contributed by atoms with Gasteiger partial charge >= 0.3 is 0 Å². The van der Waals surface area contributed by atoms with E-state index in [0.717, 1.165) is 56.9 Å². The molecule has 1 fully saturated rings. The zero-order valence-electron chi connectivity index (χ0n) is 15.0. The molecule has 2 aromatic rings. The van der Waals surface area contributed by atoms with Crippen molar-refractivity contribution in [3.63, 3.8) is 0 Å². The van der Waals surface area contributed by atoms with Crippen LogP contribution >= 0.6 is 0 Å². The van der Waals surface area contributed by atoms with Crippen molar-refractivity contribution in [2.24, 2.45) is 4.99 Å². The average Bonchev–Trinajstić information content (AvgIpc) is 3.13. The van der Waals surface area contributed by atoms with Crippen molar-refractivity contribution in [1.29, 1.82) is 0 Å². The SMILES string of the molecule is CCNC(=NCc1nncn1CC)N1CCN(c2ccccn2)CC1. The number of aryl methyl sites for hydroxylation is 1. The molecule has 3 rings (SSSR count). The molecule has 0 saturated carbocycles. The largest absolute Gasteiger partial charge is 0.357 e. The van der Waals surface area contributed by atoms with Gasteiger partial charge in [-0.05, 0) is 26.0 Å². The van der Waals surface area contributed by atoms with E-state index in [1.165, 1.54) is 0 Å². The van der Waals surface area contributed by atoms with Gasteiger partial charge in [0.2, 0.25) is 0 Å². The van der Waals surface area contributed by atoms with Crippen molar-refractivity contribution >= 4 is 11.8 Å². The van der Waals surface area contributed by atoms with E-state index in [4.69, 9.17) is 4.99 Å². The van der Waals surface area contributed by atoms with Gasteiger partial charge in [-0.2, -0.15) is 0 Å². The number of guanidine groups is 1. The molecule has 1 aliphatic rings. The molecule has 0 atom stereocenters. The topological polar surface area (TPSA) is 74.5 Å². The summed E-state index contributed by atoms with van der Waals surface area (Å²) >= 11 is 0. The Balaban J connectivity index is 1.62. The minimum Gasteiger partial charge on any atom is -0.357 e. The molecule has 0 radical (unpaired) electrons. The minimum absolute atomic E-state index is 0.538. The van der Waals surface area contributed by atoms with Gasteiger partial charge in [-0.3, -0.25) is 0 Å². The second-order valence-electron chi connectivity index (χ2n) is 5.87. The van der Waals surface area contributed by atoms with Crippen LogP contribution in [0.3, 0.4) is 0 Å². The highest BCUT2D eigenvalue weighted by Gasteiger charge is 2.20. The van der Waals surface area contributed by atoms with E-state index in [1.54, 1.807) is 6.33 Å². The van der Waals surface area contributed by atoms with E-state index in [9.17, 15) is 0 Å². The highest BCUT2D eigenvalue weighted by atomic mass is 15.4. The van der Waals surface area contributed by atoms with Gasteiger partial charge in [0.15, 0.2) is 11.8 Å². The van der Waals surface area contributed by atoms with Crippen molar-refractivity contribution in [3.05, 3.63) is 36.5 Å². The van der Waals surface area contributed by atoms with Crippen molar-refractivity contribution in [2.75, 3.05) is 37.6 Å². The monoisotopic (exact) mass is 342 g/mol. The van der Waals surface area contributed by atoms with Crippen LogP contribution in [0.25, 0.3) is 0 Å². The van der Waals surface area contributed by atoms with Crippen LogP contribution in [0.5, 0.6) is 0 Å². The molecule has 0 bridgehead atoms. The van der Waals surface area contributed by atoms with E-state index < -0.39 is 0 Å². The fraction of sp³-hybridized carbons (Fsp3) is 0.529. The summed E-state index contributed by atoms with van der Waals surface area (Å²) in [6.45, 7) is 10.1. The maximum Gasteiger partial charge on any atom is 0.194 e. The van der Waals surface area contributed by atoms with Crippen molar-refractivity contribution in [3.8, 4) is 0 Å². The molecule has 1 saturated heterocycles. The predicted molar refractivity (Wildman–Crippen MR) is 98.5 cm³/mol. The van der Waals surface area contributed by atoms with Gasteiger partial charge in [0.05, 0.1) is 0 Å². The van der Waals surface area contributed by atoms with Crippen molar-refractivity contribution in [1.82, 2.24) is 30.0 Å². The summed E-state index contributed by atoms with van der Waals surface area (Å²) in [7, 11) is 0. The lowest BCUT2D eigenvalue weighted by atomic mass is 10.3. The fourth-order valence-corrected chi connectivity index (χ4v) is 2.93. The number of anilines is 1. The molecule has 0 aromatic carbocycles. The maximum absolute atomic E-state index is 4.76. The quantitative estimate of drug-likeness (QED) is 0.645. The van der Waals surface area contributed by atoms with Crippen molar-refractivity contribution < 1.29 is 0 Å². The number of pyridine rings is 1. The first kappa shape index (κ1) is 17.2. The smallest absolute Gasteiger partial charge is 0.194 e. The molecule has 134 valence electrons. The molecular weight excluding hydrogens is 316 g/mol. The third-order valence-corrected chi connectivity index (χ3v) is 4.29. The van der Waals surface area contributed by atoms with Gasteiger partial charge in [0.1, 0.15) is 18.7 Å². The van der Waals surface area contributed by atoms with Crippen LogP contribution in [0.15, 0.2) is 35.7 Å². The summed E-state index contributed by atoms with van der Waals surface area (Å²) in [5.41, 5.74) is 0. The highest BCUT2D eigenvalue weighted by Crippen LogP contribution is 2.12. The Morgan fingerprint density at radius 2 is 2.04 bits per heavy atom. The molecule has 8 heteroatoms. The zero-order chi connectivity index (χ0) is 17.5. The van der Waals surface area contributed by atoms with Gasteiger partial charge in [-0.15, -0.1) is 10.2 Å². The Kier molecular flexibility index (Phi) is 5.81. The molecule has 0 aliphatic carbocycles. The van der Waals surface area contributed by atoms with Gasteiger partial charge in [0, 0.05) is 45.5 Å². The lowest BCUT2D eigenvalue weighted by molar-refractivity contribution is 0.371. The summed E-state index contributed by atoms with van der Waals surface area (Å²) in [5.74, 6) is 2.87. The molecule has 25 heavy (non-hydrogen) atoms.